The maximum Gasteiger partial charge on any atom is 0.253 e. The zero-order valence-corrected chi connectivity index (χ0v) is 12.0. The molecule has 5 heteroatoms. The third-order valence-electron chi connectivity index (χ3n) is 3.68. The second-order valence-electron chi connectivity index (χ2n) is 5.03. The number of hydrogen-bond acceptors (Lipinski definition) is 4. The molecule has 0 unspecified atom stereocenters. The summed E-state index contributed by atoms with van der Waals surface area (Å²) in [6, 6.07) is 7.59. The van der Waals surface area contributed by atoms with Crippen molar-refractivity contribution in [2.45, 2.75) is 6.54 Å². The van der Waals surface area contributed by atoms with E-state index in [4.69, 9.17) is 10.5 Å². The molecule has 1 heterocycles. The predicted octanol–water partition coefficient (Wildman–Crippen LogP) is 0.550. The Morgan fingerprint density at radius 3 is 2.70 bits per heavy atom. The minimum atomic E-state index is 0.103. The first-order valence-corrected chi connectivity index (χ1v) is 7.04. The lowest BCUT2D eigenvalue weighted by molar-refractivity contribution is 0.0594. The zero-order valence-electron chi connectivity index (χ0n) is 12.0. The van der Waals surface area contributed by atoms with Crippen LogP contribution in [0.2, 0.25) is 0 Å². The zero-order chi connectivity index (χ0) is 14.4. The molecule has 0 atom stereocenters. The van der Waals surface area contributed by atoms with Gasteiger partial charge in [-0.05, 0) is 17.7 Å². The molecule has 1 saturated heterocycles. The lowest BCUT2D eigenvalue weighted by Crippen LogP contribution is -2.49. The average Bonchev–Trinajstić information content (AvgIpc) is 2.52. The van der Waals surface area contributed by atoms with Crippen LogP contribution in [-0.2, 0) is 11.3 Å². The predicted molar refractivity (Wildman–Crippen MR) is 78.6 cm³/mol. The van der Waals surface area contributed by atoms with Crippen molar-refractivity contribution in [1.29, 1.82) is 0 Å². The Kier molecular flexibility index (Phi) is 5.52. The van der Waals surface area contributed by atoms with Gasteiger partial charge >= 0.3 is 0 Å². The largest absolute Gasteiger partial charge is 0.383 e. The molecule has 0 saturated carbocycles. The van der Waals surface area contributed by atoms with E-state index in [9.17, 15) is 4.79 Å². The average molecular weight is 277 g/mol. The monoisotopic (exact) mass is 277 g/mol. The minimum Gasteiger partial charge on any atom is -0.383 e. The fourth-order valence-corrected chi connectivity index (χ4v) is 2.41. The summed E-state index contributed by atoms with van der Waals surface area (Å²) in [5.41, 5.74) is 7.35. The van der Waals surface area contributed by atoms with Gasteiger partial charge in [0, 0.05) is 51.9 Å². The van der Waals surface area contributed by atoms with Crippen LogP contribution in [0.4, 0.5) is 0 Å². The molecule has 20 heavy (non-hydrogen) atoms. The maximum absolute atomic E-state index is 12.4. The summed E-state index contributed by atoms with van der Waals surface area (Å²) >= 11 is 0. The van der Waals surface area contributed by atoms with Crippen LogP contribution in [0.1, 0.15) is 15.9 Å². The van der Waals surface area contributed by atoms with Crippen LogP contribution >= 0.6 is 0 Å². The number of piperazine rings is 1. The summed E-state index contributed by atoms with van der Waals surface area (Å²) in [7, 11) is 1.71. The molecule has 110 valence electrons. The van der Waals surface area contributed by atoms with Crippen LogP contribution in [-0.4, -0.2) is 62.1 Å². The SMILES string of the molecule is COCCN1CCN(C(=O)c2cccc(CN)c2)CC1. The van der Waals surface area contributed by atoms with Crippen LogP contribution in [0.3, 0.4) is 0 Å². The van der Waals surface area contributed by atoms with Gasteiger partial charge in [-0.3, -0.25) is 9.69 Å². The van der Waals surface area contributed by atoms with Crippen molar-refractivity contribution in [1.82, 2.24) is 9.80 Å². The molecular formula is C15H23N3O2. The Balaban J connectivity index is 1.91. The number of hydrogen-bond donors (Lipinski definition) is 1. The van der Waals surface area contributed by atoms with E-state index in [1.807, 2.05) is 29.2 Å². The molecule has 0 radical (unpaired) electrons. The Hall–Kier alpha value is -1.43. The molecule has 1 aromatic carbocycles. The molecule has 2 rings (SSSR count). The number of carbonyl (C=O) groups excluding carboxylic acids is 1. The highest BCUT2D eigenvalue weighted by Gasteiger charge is 2.21. The fraction of sp³-hybridized carbons (Fsp3) is 0.533. The molecule has 1 aliphatic heterocycles. The maximum atomic E-state index is 12.4. The summed E-state index contributed by atoms with van der Waals surface area (Å²) in [5, 5.41) is 0. The van der Waals surface area contributed by atoms with E-state index in [1.165, 1.54) is 0 Å². The normalized spacial score (nSPS) is 16.4. The minimum absolute atomic E-state index is 0.103. The molecule has 2 N–H and O–H groups in total. The van der Waals surface area contributed by atoms with Crippen LogP contribution in [0.15, 0.2) is 24.3 Å². The van der Waals surface area contributed by atoms with Crippen molar-refractivity contribution in [2.24, 2.45) is 5.73 Å². The first kappa shape index (κ1) is 15.0. The molecule has 1 amide bonds. The lowest BCUT2D eigenvalue weighted by Gasteiger charge is -2.34. The van der Waals surface area contributed by atoms with E-state index in [0.29, 0.717) is 6.54 Å². The molecule has 0 bridgehead atoms. The van der Waals surface area contributed by atoms with Gasteiger partial charge in [-0.15, -0.1) is 0 Å². The van der Waals surface area contributed by atoms with Gasteiger partial charge in [-0.25, -0.2) is 0 Å². The number of benzene rings is 1. The van der Waals surface area contributed by atoms with E-state index < -0.39 is 0 Å². The third kappa shape index (κ3) is 3.79. The van der Waals surface area contributed by atoms with Gasteiger partial charge in [-0.2, -0.15) is 0 Å². The highest BCUT2D eigenvalue weighted by molar-refractivity contribution is 5.94. The Labute approximate surface area is 120 Å². The molecule has 1 fully saturated rings. The van der Waals surface area contributed by atoms with E-state index in [2.05, 4.69) is 4.90 Å². The summed E-state index contributed by atoms with van der Waals surface area (Å²) in [6.45, 7) is 5.50. The Morgan fingerprint density at radius 1 is 1.30 bits per heavy atom. The van der Waals surface area contributed by atoms with Crippen molar-refractivity contribution >= 4 is 5.91 Å². The van der Waals surface area contributed by atoms with Gasteiger partial charge in [0.2, 0.25) is 0 Å². The van der Waals surface area contributed by atoms with Crippen LogP contribution in [0, 0.1) is 0 Å². The molecule has 1 aliphatic rings. The summed E-state index contributed by atoms with van der Waals surface area (Å²) in [4.78, 5) is 16.7. The van der Waals surface area contributed by atoms with Gasteiger partial charge < -0.3 is 15.4 Å². The second kappa shape index (κ2) is 7.38. The Morgan fingerprint density at radius 2 is 2.05 bits per heavy atom. The van der Waals surface area contributed by atoms with Crippen LogP contribution < -0.4 is 5.73 Å². The molecular weight excluding hydrogens is 254 g/mol. The van der Waals surface area contributed by atoms with Crippen LogP contribution in [0.25, 0.3) is 0 Å². The van der Waals surface area contributed by atoms with Crippen molar-refractivity contribution in [2.75, 3.05) is 46.4 Å². The van der Waals surface area contributed by atoms with Crippen molar-refractivity contribution in [3.63, 3.8) is 0 Å². The van der Waals surface area contributed by atoms with Gasteiger partial charge in [-0.1, -0.05) is 12.1 Å². The van der Waals surface area contributed by atoms with Crippen molar-refractivity contribution in [3.8, 4) is 0 Å². The van der Waals surface area contributed by atoms with Gasteiger partial charge in [0.05, 0.1) is 6.61 Å². The van der Waals surface area contributed by atoms with Gasteiger partial charge in [0.25, 0.3) is 5.91 Å². The Bertz CT molecular complexity index is 442. The number of methoxy groups -OCH3 is 1. The first-order valence-electron chi connectivity index (χ1n) is 7.04. The van der Waals surface area contributed by atoms with E-state index in [0.717, 1.165) is 50.5 Å². The topological polar surface area (TPSA) is 58.8 Å². The summed E-state index contributed by atoms with van der Waals surface area (Å²) in [5.74, 6) is 0.103. The smallest absolute Gasteiger partial charge is 0.253 e. The van der Waals surface area contributed by atoms with E-state index in [-0.39, 0.29) is 5.91 Å². The van der Waals surface area contributed by atoms with Gasteiger partial charge in [0.1, 0.15) is 0 Å². The van der Waals surface area contributed by atoms with E-state index in [1.54, 1.807) is 7.11 Å². The van der Waals surface area contributed by atoms with Gasteiger partial charge in [0.15, 0.2) is 0 Å². The third-order valence-corrected chi connectivity index (χ3v) is 3.68. The quantitative estimate of drug-likeness (QED) is 0.854. The molecule has 5 nitrogen and oxygen atoms in total. The highest BCUT2D eigenvalue weighted by Crippen LogP contribution is 2.10. The standard InChI is InChI=1S/C15H23N3O2/c1-20-10-9-17-5-7-18(8-6-17)15(19)14-4-2-3-13(11-14)12-16/h2-4,11H,5-10,12,16H2,1H3. The van der Waals surface area contributed by atoms with Crippen molar-refractivity contribution < 1.29 is 9.53 Å². The number of carbonyl (C=O) groups is 1. The fourth-order valence-electron chi connectivity index (χ4n) is 2.41. The van der Waals surface area contributed by atoms with Crippen molar-refractivity contribution in [3.05, 3.63) is 35.4 Å². The number of amides is 1. The number of rotatable bonds is 5. The van der Waals surface area contributed by atoms with E-state index >= 15 is 0 Å². The second-order valence-corrected chi connectivity index (χ2v) is 5.03. The number of nitrogens with two attached hydrogens (primary N) is 1. The lowest BCUT2D eigenvalue weighted by atomic mass is 10.1. The van der Waals surface area contributed by atoms with Crippen LogP contribution in [0.5, 0.6) is 0 Å². The molecule has 0 spiro atoms. The molecule has 0 aliphatic carbocycles. The number of nitrogens with zero attached hydrogens (tertiary/aromatic N) is 2. The molecule has 1 aromatic rings. The first-order chi connectivity index (χ1) is 9.74. The highest BCUT2D eigenvalue weighted by atomic mass is 16.5. The summed E-state index contributed by atoms with van der Waals surface area (Å²) < 4.78 is 5.08. The summed E-state index contributed by atoms with van der Waals surface area (Å²) in [6.07, 6.45) is 0. The molecule has 0 aromatic heterocycles. The number of ether oxygens (including phenoxy) is 1.